The molecule has 0 unspecified atom stereocenters. The predicted octanol–water partition coefficient (Wildman–Crippen LogP) is 3.72. The van der Waals surface area contributed by atoms with Gasteiger partial charge >= 0.3 is 5.97 Å². The largest absolute Gasteiger partial charge is 0.469 e. The van der Waals surface area contributed by atoms with Crippen molar-refractivity contribution in [1.29, 1.82) is 0 Å². The van der Waals surface area contributed by atoms with Crippen molar-refractivity contribution >= 4 is 11.9 Å². The molecule has 1 atom stereocenters. The van der Waals surface area contributed by atoms with E-state index in [4.69, 9.17) is 4.74 Å². The molecule has 0 N–H and O–H groups in total. The second-order valence-electron chi connectivity index (χ2n) is 8.87. The fraction of sp³-hybridized carbons (Fsp3) is 0.370. The molecule has 0 radical (unpaired) electrons. The Labute approximate surface area is 200 Å². The van der Waals surface area contributed by atoms with Gasteiger partial charge in [-0.1, -0.05) is 30.3 Å². The maximum Gasteiger partial charge on any atom is 0.305 e. The van der Waals surface area contributed by atoms with Crippen LogP contribution in [0.25, 0.3) is 5.69 Å². The number of piperazine rings is 1. The number of hydrogen-bond donors (Lipinski definition) is 0. The molecule has 4 rings (SSSR count). The summed E-state index contributed by atoms with van der Waals surface area (Å²) in [5, 5.41) is 4.67. The normalized spacial score (nSPS) is 16.5. The molecule has 3 aromatic rings. The zero-order valence-corrected chi connectivity index (χ0v) is 20.3. The van der Waals surface area contributed by atoms with E-state index in [9.17, 15) is 9.59 Å². The lowest BCUT2D eigenvalue weighted by molar-refractivity contribution is -0.140. The van der Waals surface area contributed by atoms with Crippen molar-refractivity contribution in [3.8, 4) is 5.69 Å². The first-order valence-electron chi connectivity index (χ1n) is 11.7. The Hall–Kier alpha value is -3.45. The van der Waals surface area contributed by atoms with E-state index < -0.39 is 0 Å². The highest BCUT2D eigenvalue weighted by Crippen LogP contribution is 2.27. The van der Waals surface area contributed by atoms with Crippen molar-refractivity contribution in [3.05, 3.63) is 82.7 Å². The number of rotatable bonds is 6. The molecular weight excluding hydrogens is 428 g/mol. The van der Waals surface area contributed by atoms with Gasteiger partial charge < -0.3 is 14.5 Å². The average molecular weight is 461 g/mol. The molecule has 1 aromatic heterocycles. The van der Waals surface area contributed by atoms with Crippen molar-refractivity contribution in [2.45, 2.75) is 32.7 Å². The topological polar surface area (TPSA) is 67.7 Å². The zero-order valence-electron chi connectivity index (χ0n) is 20.3. The van der Waals surface area contributed by atoms with E-state index in [2.05, 4.69) is 29.2 Å². The van der Waals surface area contributed by atoms with Crippen LogP contribution < -0.4 is 0 Å². The van der Waals surface area contributed by atoms with E-state index in [0.717, 1.165) is 41.3 Å². The number of hydrogen-bond acceptors (Lipinski definition) is 5. The monoisotopic (exact) mass is 460 g/mol. The van der Waals surface area contributed by atoms with Gasteiger partial charge in [-0.2, -0.15) is 5.10 Å². The fourth-order valence-corrected chi connectivity index (χ4v) is 4.65. The number of aryl methyl sites for hydroxylation is 1. The van der Waals surface area contributed by atoms with Crippen LogP contribution in [0.3, 0.4) is 0 Å². The van der Waals surface area contributed by atoms with Gasteiger partial charge in [-0.25, -0.2) is 4.68 Å². The van der Waals surface area contributed by atoms with Crippen LogP contribution in [0.15, 0.2) is 54.6 Å². The quantitative estimate of drug-likeness (QED) is 0.525. The molecule has 7 nitrogen and oxygen atoms in total. The maximum absolute atomic E-state index is 13.5. The van der Waals surface area contributed by atoms with Crippen LogP contribution in [0.1, 0.15) is 45.3 Å². The molecule has 1 saturated heterocycles. The second kappa shape index (κ2) is 10.2. The summed E-state index contributed by atoms with van der Waals surface area (Å²) in [4.78, 5) is 29.3. The summed E-state index contributed by atoms with van der Waals surface area (Å²) in [5.41, 5.74) is 5.64. The lowest BCUT2D eigenvalue weighted by Gasteiger charge is -2.40. The SMILES string of the molecule is COC(=O)CCc1c(C)nn(-c2ccc(C(=O)N3CCN(C)C[C@H]3c3ccccc3)cc2)c1C. The number of carbonyl (C=O) groups is 2. The van der Waals surface area contributed by atoms with Crippen molar-refractivity contribution in [3.63, 3.8) is 0 Å². The Bertz CT molecular complexity index is 1150. The van der Waals surface area contributed by atoms with Crippen molar-refractivity contribution in [2.75, 3.05) is 33.8 Å². The van der Waals surface area contributed by atoms with Gasteiger partial charge in [0.2, 0.25) is 0 Å². The van der Waals surface area contributed by atoms with Crippen molar-refractivity contribution < 1.29 is 14.3 Å². The Morgan fingerprint density at radius 3 is 2.41 bits per heavy atom. The third-order valence-corrected chi connectivity index (χ3v) is 6.64. The van der Waals surface area contributed by atoms with E-state index in [0.29, 0.717) is 24.9 Å². The fourth-order valence-electron chi connectivity index (χ4n) is 4.65. The molecule has 1 fully saturated rings. The Morgan fingerprint density at radius 1 is 1.03 bits per heavy atom. The lowest BCUT2D eigenvalue weighted by Crippen LogP contribution is -2.49. The molecule has 1 aliphatic heterocycles. The number of aromatic nitrogens is 2. The molecule has 2 aromatic carbocycles. The van der Waals surface area contributed by atoms with Crippen molar-refractivity contribution in [2.24, 2.45) is 0 Å². The van der Waals surface area contributed by atoms with Gasteiger partial charge in [-0.15, -0.1) is 0 Å². The van der Waals surface area contributed by atoms with Crippen LogP contribution in [0, 0.1) is 13.8 Å². The number of ether oxygens (including phenoxy) is 1. The molecule has 2 heterocycles. The van der Waals surface area contributed by atoms with E-state index in [1.54, 1.807) is 0 Å². The van der Waals surface area contributed by atoms with E-state index in [-0.39, 0.29) is 17.9 Å². The third kappa shape index (κ3) is 4.89. The van der Waals surface area contributed by atoms with Crippen LogP contribution in [0.4, 0.5) is 0 Å². The molecule has 0 bridgehead atoms. The van der Waals surface area contributed by atoms with E-state index >= 15 is 0 Å². The van der Waals surface area contributed by atoms with E-state index in [1.165, 1.54) is 7.11 Å². The summed E-state index contributed by atoms with van der Waals surface area (Å²) < 4.78 is 6.64. The summed E-state index contributed by atoms with van der Waals surface area (Å²) in [6.07, 6.45) is 0.913. The number of esters is 1. The maximum atomic E-state index is 13.5. The smallest absolute Gasteiger partial charge is 0.305 e. The third-order valence-electron chi connectivity index (χ3n) is 6.64. The number of nitrogens with zero attached hydrogens (tertiary/aromatic N) is 4. The van der Waals surface area contributed by atoms with Gasteiger partial charge in [0, 0.05) is 37.3 Å². The number of amides is 1. The van der Waals surface area contributed by atoms with Crippen molar-refractivity contribution in [1.82, 2.24) is 19.6 Å². The minimum absolute atomic E-state index is 0.0282. The average Bonchev–Trinajstić information content (AvgIpc) is 3.15. The summed E-state index contributed by atoms with van der Waals surface area (Å²) >= 11 is 0. The minimum atomic E-state index is -0.230. The van der Waals surface area contributed by atoms with Gasteiger partial charge in [0.15, 0.2) is 0 Å². The Balaban J connectivity index is 1.54. The van der Waals surface area contributed by atoms with Crippen LogP contribution >= 0.6 is 0 Å². The first-order chi connectivity index (χ1) is 16.4. The summed E-state index contributed by atoms with van der Waals surface area (Å²) in [6, 6.07) is 17.9. The predicted molar refractivity (Wildman–Crippen MR) is 131 cm³/mol. The molecule has 0 saturated carbocycles. The number of benzene rings is 2. The molecular formula is C27H32N4O3. The molecule has 0 aliphatic carbocycles. The standard InChI is InChI=1S/C27H32N4O3/c1-19-24(14-15-26(32)34-4)20(2)31(28-19)23-12-10-22(11-13-23)27(33)30-17-16-29(3)18-25(30)21-8-6-5-7-9-21/h5-13,25H,14-18H2,1-4H3/t25-/m0/s1. The molecule has 7 heteroatoms. The highest BCUT2D eigenvalue weighted by molar-refractivity contribution is 5.94. The molecule has 178 valence electrons. The summed E-state index contributed by atoms with van der Waals surface area (Å²) in [5.74, 6) is -0.187. The van der Waals surface area contributed by atoms with Crippen LogP contribution in [0.5, 0.6) is 0 Å². The molecule has 34 heavy (non-hydrogen) atoms. The Morgan fingerprint density at radius 2 is 1.74 bits per heavy atom. The van der Waals surface area contributed by atoms with Crippen LogP contribution in [-0.2, 0) is 16.0 Å². The molecule has 1 amide bonds. The first-order valence-corrected chi connectivity index (χ1v) is 11.7. The number of likely N-dealkylation sites (N-methyl/N-ethyl adjacent to an activating group) is 1. The second-order valence-corrected chi connectivity index (χ2v) is 8.87. The van der Waals surface area contributed by atoms with Gasteiger partial charge in [0.1, 0.15) is 0 Å². The molecule has 1 aliphatic rings. The highest BCUT2D eigenvalue weighted by Gasteiger charge is 2.30. The molecule has 0 spiro atoms. The summed E-state index contributed by atoms with van der Waals surface area (Å²) in [6.45, 7) is 6.31. The van der Waals surface area contributed by atoms with Crippen LogP contribution in [-0.4, -0.2) is 65.2 Å². The lowest BCUT2D eigenvalue weighted by atomic mass is 10.0. The van der Waals surface area contributed by atoms with Gasteiger partial charge in [0.05, 0.1) is 24.5 Å². The zero-order chi connectivity index (χ0) is 24.2. The number of methoxy groups -OCH3 is 1. The van der Waals surface area contributed by atoms with Gasteiger partial charge in [-0.05, 0) is 62.7 Å². The Kier molecular flexibility index (Phi) is 7.12. The number of carbonyl (C=O) groups excluding carboxylic acids is 2. The summed E-state index contributed by atoms with van der Waals surface area (Å²) in [7, 11) is 3.50. The highest BCUT2D eigenvalue weighted by atomic mass is 16.5. The van der Waals surface area contributed by atoms with Gasteiger partial charge in [0.25, 0.3) is 5.91 Å². The van der Waals surface area contributed by atoms with Crippen LogP contribution in [0.2, 0.25) is 0 Å². The van der Waals surface area contributed by atoms with E-state index in [1.807, 2.05) is 65.9 Å². The first kappa shape index (κ1) is 23.7. The van der Waals surface area contributed by atoms with Gasteiger partial charge in [-0.3, -0.25) is 9.59 Å². The minimum Gasteiger partial charge on any atom is -0.469 e.